The summed E-state index contributed by atoms with van der Waals surface area (Å²) >= 11 is 0. The van der Waals surface area contributed by atoms with Crippen molar-refractivity contribution in [2.45, 2.75) is 18.4 Å². The summed E-state index contributed by atoms with van der Waals surface area (Å²) in [5, 5.41) is 2.76. The summed E-state index contributed by atoms with van der Waals surface area (Å²) in [6, 6.07) is 6.91. The quantitative estimate of drug-likeness (QED) is 0.824. The van der Waals surface area contributed by atoms with E-state index < -0.39 is 5.54 Å². The first-order chi connectivity index (χ1) is 9.40. The minimum Gasteiger partial charge on any atom is -0.484 e. The van der Waals surface area contributed by atoms with E-state index in [9.17, 15) is 9.59 Å². The predicted molar refractivity (Wildman–Crippen MR) is 75.4 cm³/mol. The smallest absolute Gasteiger partial charge is 0.259 e. The number of nitrogens with two attached hydrogens (primary N) is 1. The zero-order valence-electron chi connectivity index (χ0n) is 11.7. The molecule has 2 amide bonds. The molecule has 3 N–H and O–H groups in total. The second kappa shape index (κ2) is 5.50. The lowest BCUT2D eigenvalue weighted by Gasteiger charge is -2.13. The van der Waals surface area contributed by atoms with Crippen LogP contribution in [0, 0.1) is 0 Å². The van der Waals surface area contributed by atoms with Crippen LogP contribution in [0.3, 0.4) is 0 Å². The van der Waals surface area contributed by atoms with E-state index in [1.54, 1.807) is 38.4 Å². The predicted octanol–water partition coefficient (Wildman–Crippen LogP) is 0.583. The average molecular weight is 277 g/mol. The number of ether oxygens (including phenoxy) is 1. The Balaban J connectivity index is 1.94. The topological polar surface area (TPSA) is 84.7 Å². The molecule has 108 valence electrons. The summed E-state index contributed by atoms with van der Waals surface area (Å²) in [7, 11) is 3.33. The van der Waals surface area contributed by atoms with Crippen LogP contribution in [-0.2, 0) is 9.59 Å². The van der Waals surface area contributed by atoms with E-state index in [-0.39, 0.29) is 18.4 Å². The van der Waals surface area contributed by atoms with E-state index in [1.165, 1.54) is 4.90 Å². The molecule has 1 saturated carbocycles. The van der Waals surface area contributed by atoms with Crippen LogP contribution in [0.15, 0.2) is 24.3 Å². The highest BCUT2D eigenvalue weighted by Gasteiger charge is 2.45. The number of carbonyl (C=O) groups excluding carboxylic acids is 2. The Bertz CT molecular complexity index is 524. The lowest BCUT2D eigenvalue weighted by Crippen LogP contribution is -2.37. The van der Waals surface area contributed by atoms with Crippen molar-refractivity contribution in [3.8, 4) is 5.75 Å². The molecule has 1 aromatic rings. The summed E-state index contributed by atoms with van der Waals surface area (Å²) in [5.74, 6) is 0.220. The van der Waals surface area contributed by atoms with Crippen molar-refractivity contribution < 1.29 is 14.3 Å². The first-order valence-corrected chi connectivity index (χ1v) is 6.44. The lowest BCUT2D eigenvalue weighted by atomic mass is 10.2. The Kier molecular flexibility index (Phi) is 3.94. The molecule has 6 heteroatoms. The molecule has 1 aliphatic rings. The van der Waals surface area contributed by atoms with Crippen LogP contribution in [-0.4, -0.2) is 43.0 Å². The van der Waals surface area contributed by atoms with E-state index in [1.807, 2.05) is 0 Å². The van der Waals surface area contributed by atoms with E-state index in [0.29, 0.717) is 24.3 Å². The molecule has 0 spiro atoms. The number of hydrogen-bond acceptors (Lipinski definition) is 4. The first-order valence-electron chi connectivity index (χ1n) is 6.44. The molecule has 1 fully saturated rings. The number of nitrogens with zero attached hydrogens (tertiary/aromatic N) is 1. The van der Waals surface area contributed by atoms with Gasteiger partial charge in [-0.3, -0.25) is 9.59 Å². The van der Waals surface area contributed by atoms with Gasteiger partial charge in [-0.1, -0.05) is 6.07 Å². The molecule has 0 atom stereocenters. The number of hydrogen-bond donors (Lipinski definition) is 2. The second-order valence-electron chi connectivity index (χ2n) is 5.21. The average Bonchev–Trinajstić information content (AvgIpc) is 3.15. The summed E-state index contributed by atoms with van der Waals surface area (Å²) in [6.45, 7) is -0.0365. The summed E-state index contributed by atoms with van der Waals surface area (Å²) in [5.41, 5.74) is 5.72. The normalized spacial score (nSPS) is 15.3. The molecule has 0 aromatic heterocycles. The zero-order chi connectivity index (χ0) is 14.8. The van der Waals surface area contributed by atoms with Crippen LogP contribution in [0.5, 0.6) is 5.75 Å². The molecule has 1 aliphatic carbocycles. The minimum atomic E-state index is -0.711. The molecule has 20 heavy (non-hydrogen) atoms. The fourth-order valence-corrected chi connectivity index (χ4v) is 1.56. The van der Waals surface area contributed by atoms with E-state index in [0.717, 1.165) is 0 Å². The van der Waals surface area contributed by atoms with Crippen molar-refractivity contribution in [1.82, 2.24) is 4.90 Å². The highest BCUT2D eigenvalue weighted by molar-refractivity contribution is 6.00. The lowest BCUT2D eigenvalue weighted by molar-refractivity contribution is -0.130. The maximum absolute atomic E-state index is 11.8. The highest BCUT2D eigenvalue weighted by Crippen LogP contribution is 2.33. The monoisotopic (exact) mass is 277 g/mol. The maximum Gasteiger partial charge on any atom is 0.259 e. The zero-order valence-corrected chi connectivity index (χ0v) is 11.7. The van der Waals surface area contributed by atoms with Gasteiger partial charge < -0.3 is 20.7 Å². The van der Waals surface area contributed by atoms with Crippen molar-refractivity contribution in [2.24, 2.45) is 5.73 Å². The summed E-state index contributed by atoms with van der Waals surface area (Å²) in [6.07, 6.45) is 1.43. The number of anilines is 1. The Hall–Kier alpha value is -2.08. The number of likely N-dealkylation sites (N-methyl/N-ethyl adjacent to an activating group) is 1. The van der Waals surface area contributed by atoms with Gasteiger partial charge in [0.15, 0.2) is 6.61 Å². The standard InChI is InChI=1S/C14H19N3O3/c1-17(2)12(18)9-20-11-5-3-4-10(8-11)16-13(19)14(15)6-7-14/h3-5,8H,6-7,9,15H2,1-2H3,(H,16,19). The third kappa shape index (κ3) is 3.48. The Morgan fingerprint density at radius 3 is 2.70 bits per heavy atom. The number of benzene rings is 1. The molecule has 0 heterocycles. The second-order valence-corrected chi connectivity index (χ2v) is 5.21. The molecule has 2 rings (SSSR count). The van der Waals surface area contributed by atoms with E-state index >= 15 is 0 Å². The van der Waals surface area contributed by atoms with Gasteiger partial charge >= 0.3 is 0 Å². The van der Waals surface area contributed by atoms with Crippen LogP contribution in [0.2, 0.25) is 0 Å². The molecule has 6 nitrogen and oxygen atoms in total. The van der Waals surface area contributed by atoms with Crippen molar-refractivity contribution in [3.63, 3.8) is 0 Å². The van der Waals surface area contributed by atoms with Crippen LogP contribution < -0.4 is 15.8 Å². The molecule has 0 radical (unpaired) electrons. The maximum atomic E-state index is 11.8. The Morgan fingerprint density at radius 1 is 1.40 bits per heavy atom. The van der Waals surface area contributed by atoms with Gasteiger partial charge in [-0.15, -0.1) is 0 Å². The Morgan fingerprint density at radius 2 is 2.10 bits per heavy atom. The van der Waals surface area contributed by atoms with Crippen molar-refractivity contribution in [1.29, 1.82) is 0 Å². The number of rotatable bonds is 5. The summed E-state index contributed by atoms with van der Waals surface area (Å²) < 4.78 is 5.38. The van der Waals surface area contributed by atoms with Crippen LogP contribution in [0.1, 0.15) is 12.8 Å². The van der Waals surface area contributed by atoms with Crippen molar-refractivity contribution >= 4 is 17.5 Å². The largest absolute Gasteiger partial charge is 0.484 e. The molecule has 1 aromatic carbocycles. The van der Waals surface area contributed by atoms with Crippen LogP contribution >= 0.6 is 0 Å². The Labute approximate surface area is 117 Å². The van der Waals surface area contributed by atoms with E-state index in [2.05, 4.69) is 5.32 Å². The first kappa shape index (κ1) is 14.3. The van der Waals surface area contributed by atoms with Crippen molar-refractivity contribution in [3.05, 3.63) is 24.3 Å². The molecule has 0 saturated heterocycles. The third-order valence-electron chi connectivity index (χ3n) is 3.19. The van der Waals surface area contributed by atoms with Gasteiger partial charge in [-0.25, -0.2) is 0 Å². The number of carbonyl (C=O) groups is 2. The number of nitrogens with one attached hydrogen (secondary N) is 1. The minimum absolute atomic E-state index is 0.0365. The van der Waals surface area contributed by atoms with Crippen LogP contribution in [0.25, 0.3) is 0 Å². The summed E-state index contributed by atoms with van der Waals surface area (Å²) in [4.78, 5) is 24.7. The molecule has 0 unspecified atom stereocenters. The van der Waals surface area contributed by atoms with E-state index in [4.69, 9.17) is 10.5 Å². The molecular formula is C14H19N3O3. The van der Waals surface area contributed by atoms with Gasteiger partial charge in [0.25, 0.3) is 5.91 Å². The number of amides is 2. The van der Waals surface area contributed by atoms with Gasteiger partial charge in [-0.05, 0) is 25.0 Å². The van der Waals surface area contributed by atoms with Gasteiger partial charge in [0.1, 0.15) is 5.75 Å². The van der Waals surface area contributed by atoms with Crippen molar-refractivity contribution in [2.75, 3.05) is 26.0 Å². The van der Waals surface area contributed by atoms with Crippen LogP contribution in [0.4, 0.5) is 5.69 Å². The van der Waals surface area contributed by atoms with Gasteiger partial charge in [0.05, 0.1) is 5.54 Å². The molecular weight excluding hydrogens is 258 g/mol. The fourth-order valence-electron chi connectivity index (χ4n) is 1.56. The SMILES string of the molecule is CN(C)C(=O)COc1cccc(NC(=O)C2(N)CC2)c1. The fraction of sp³-hybridized carbons (Fsp3) is 0.429. The van der Waals surface area contributed by atoms with Gasteiger partial charge in [0, 0.05) is 25.8 Å². The highest BCUT2D eigenvalue weighted by atomic mass is 16.5. The van der Waals surface area contributed by atoms with Gasteiger partial charge in [-0.2, -0.15) is 0 Å². The van der Waals surface area contributed by atoms with Gasteiger partial charge in [0.2, 0.25) is 5.91 Å². The molecule has 0 bridgehead atoms. The molecule has 0 aliphatic heterocycles. The third-order valence-corrected chi connectivity index (χ3v) is 3.19.